The second-order valence-corrected chi connectivity index (χ2v) is 6.06. The first-order chi connectivity index (χ1) is 8.93. The van der Waals surface area contributed by atoms with Crippen LogP contribution in [0.2, 0.25) is 0 Å². The Hall–Kier alpha value is -1.72. The highest BCUT2D eigenvalue weighted by Crippen LogP contribution is 2.13. The summed E-state index contributed by atoms with van der Waals surface area (Å²) < 4.78 is 19.7. The van der Waals surface area contributed by atoms with Crippen LogP contribution >= 0.6 is 0 Å². The molecule has 0 saturated heterocycles. The van der Waals surface area contributed by atoms with Gasteiger partial charge in [-0.25, -0.2) is 9.59 Å². The second-order valence-electron chi connectivity index (χ2n) is 6.06. The van der Waals surface area contributed by atoms with Gasteiger partial charge in [-0.3, -0.25) is 0 Å². The maximum Gasteiger partial charge on any atom is 0.512 e. The number of carbonyl (C=O) groups excluding carboxylic acids is 2. The van der Waals surface area contributed by atoms with Gasteiger partial charge in [-0.1, -0.05) is 6.08 Å². The summed E-state index contributed by atoms with van der Waals surface area (Å²) in [6.45, 7) is 11.9. The van der Waals surface area contributed by atoms with Gasteiger partial charge in [0.2, 0.25) is 0 Å². The minimum absolute atomic E-state index is 0.691. The summed E-state index contributed by atoms with van der Waals surface area (Å²) >= 11 is 0. The molecule has 0 aliphatic carbocycles. The fourth-order valence-electron chi connectivity index (χ4n) is 0.998. The van der Waals surface area contributed by atoms with Crippen molar-refractivity contribution in [1.29, 1.82) is 0 Å². The second kappa shape index (κ2) is 7.17. The molecule has 0 saturated carbocycles. The van der Waals surface area contributed by atoms with E-state index < -0.39 is 29.8 Å². The van der Waals surface area contributed by atoms with Gasteiger partial charge in [0.15, 0.2) is 0 Å². The average Bonchev–Trinajstić information content (AvgIpc) is 2.10. The molecule has 0 spiro atoms. The van der Waals surface area contributed by atoms with E-state index in [-0.39, 0.29) is 0 Å². The molecular weight excluding hydrogens is 264 g/mol. The van der Waals surface area contributed by atoms with Crippen molar-refractivity contribution >= 4 is 12.3 Å². The van der Waals surface area contributed by atoms with Crippen molar-refractivity contribution in [2.75, 3.05) is 0 Å². The molecule has 0 aromatic heterocycles. The number of carbonyl (C=O) groups is 2. The molecule has 0 aliphatic heterocycles. The molecule has 0 atom stereocenters. The zero-order valence-corrected chi connectivity index (χ0v) is 13.2. The highest BCUT2D eigenvalue weighted by Gasteiger charge is 2.25. The first kappa shape index (κ1) is 18.3. The Labute approximate surface area is 120 Å². The van der Waals surface area contributed by atoms with Crippen LogP contribution in [0, 0.1) is 0 Å². The van der Waals surface area contributed by atoms with Crippen molar-refractivity contribution < 1.29 is 28.5 Å². The van der Waals surface area contributed by atoms with Crippen LogP contribution in [0.5, 0.6) is 0 Å². The van der Waals surface area contributed by atoms with Crippen LogP contribution in [0.4, 0.5) is 9.59 Å². The smallest absolute Gasteiger partial charge is 0.428 e. The van der Waals surface area contributed by atoms with E-state index in [0.717, 1.165) is 0 Å². The summed E-state index contributed by atoms with van der Waals surface area (Å²) in [6.07, 6.45) is -0.0641. The Kier molecular flexibility index (Phi) is 6.55. The van der Waals surface area contributed by atoms with Crippen molar-refractivity contribution in [1.82, 2.24) is 0 Å². The molecule has 6 heteroatoms. The standard InChI is InChI=1S/C14H24O6/c1-8-9-10(17-11(15)19-13(2,3)4)18-12(16)20-14(5,6)7/h8-10H,1-7H3/b9-8+. The number of allylic oxidation sites excluding steroid dienone is 1. The summed E-state index contributed by atoms with van der Waals surface area (Å²) in [6, 6.07) is 0. The minimum Gasteiger partial charge on any atom is -0.428 e. The molecule has 0 fully saturated rings. The van der Waals surface area contributed by atoms with Crippen LogP contribution < -0.4 is 0 Å². The third kappa shape index (κ3) is 10.2. The highest BCUT2D eigenvalue weighted by molar-refractivity contribution is 5.63. The topological polar surface area (TPSA) is 71.1 Å². The molecule has 0 heterocycles. The fourth-order valence-corrected chi connectivity index (χ4v) is 0.998. The lowest BCUT2D eigenvalue weighted by atomic mass is 10.2. The largest absolute Gasteiger partial charge is 0.512 e. The molecular formula is C14H24O6. The molecule has 0 amide bonds. The van der Waals surface area contributed by atoms with Crippen molar-refractivity contribution in [2.24, 2.45) is 0 Å². The van der Waals surface area contributed by atoms with Gasteiger partial charge >= 0.3 is 12.3 Å². The van der Waals surface area contributed by atoms with Crippen molar-refractivity contribution in [3.63, 3.8) is 0 Å². The van der Waals surface area contributed by atoms with Crippen molar-refractivity contribution in [2.45, 2.75) is 66.0 Å². The van der Waals surface area contributed by atoms with Gasteiger partial charge in [0, 0.05) is 0 Å². The first-order valence-electron chi connectivity index (χ1n) is 6.35. The predicted octanol–water partition coefficient (Wildman–Crippen LogP) is 3.79. The average molecular weight is 288 g/mol. The molecule has 0 radical (unpaired) electrons. The number of rotatable bonds is 3. The van der Waals surface area contributed by atoms with E-state index in [0.29, 0.717) is 0 Å². The van der Waals surface area contributed by atoms with Gasteiger partial charge in [0.1, 0.15) is 11.2 Å². The Morgan fingerprint density at radius 2 is 1.20 bits per heavy atom. The quantitative estimate of drug-likeness (QED) is 0.447. The summed E-state index contributed by atoms with van der Waals surface area (Å²) in [7, 11) is 0. The number of ether oxygens (including phenoxy) is 4. The summed E-state index contributed by atoms with van der Waals surface area (Å²) in [5.41, 5.74) is -1.38. The predicted molar refractivity (Wildman–Crippen MR) is 73.2 cm³/mol. The van der Waals surface area contributed by atoms with Gasteiger partial charge in [0.05, 0.1) is 0 Å². The highest BCUT2D eigenvalue weighted by atomic mass is 16.8. The molecule has 0 rings (SSSR count). The zero-order chi connectivity index (χ0) is 16.0. The minimum atomic E-state index is -1.19. The zero-order valence-electron chi connectivity index (χ0n) is 13.2. The normalized spacial score (nSPS) is 12.4. The molecule has 0 N–H and O–H groups in total. The van der Waals surface area contributed by atoms with Crippen LogP contribution in [0.1, 0.15) is 48.5 Å². The number of hydrogen-bond donors (Lipinski definition) is 0. The van der Waals surface area contributed by atoms with E-state index in [1.807, 2.05) is 0 Å². The molecule has 6 nitrogen and oxygen atoms in total. The summed E-state index contributed by atoms with van der Waals surface area (Å²) in [5.74, 6) is 0. The molecule has 0 bridgehead atoms. The molecule has 0 aromatic rings. The number of hydrogen-bond acceptors (Lipinski definition) is 6. The Balaban J connectivity index is 4.51. The molecule has 0 aromatic carbocycles. The van der Waals surface area contributed by atoms with Crippen molar-refractivity contribution in [3.05, 3.63) is 12.2 Å². The summed E-state index contributed by atoms with van der Waals surface area (Å²) in [4.78, 5) is 23.0. The molecule has 20 heavy (non-hydrogen) atoms. The van der Waals surface area contributed by atoms with E-state index in [1.165, 1.54) is 6.08 Å². The van der Waals surface area contributed by atoms with E-state index in [4.69, 9.17) is 18.9 Å². The lowest BCUT2D eigenvalue weighted by Gasteiger charge is -2.23. The summed E-state index contributed by atoms with van der Waals surface area (Å²) in [5, 5.41) is 0. The lowest BCUT2D eigenvalue weighted by Crippen LogP contribution is -2.31. The van der Waals surface area contributed by atoms with E-state index in [9.17, 15) is 9.59 Å². The maximum atomic E-state index is 11.5. The van der Waals surface area contributed by atoms with E-state index in [2.05, 4.69) is 0 Å². The third-order valence-corrected chi connectivity index (χ3v) is 1.55. The Morgan fingerprint density at radius 3 is 1.45 bits per heavy atom. The van der Waals surface area contributed by atoms with Crippen LogP contribution in [-0.2, 0) is 18.9 Å². The van der Waals surface area contributed by atoms with Crippen LogP contribution in [-0.4, -0.2) is 29.8 Å². The van der Waals surface area contributed by atoms with Gasteiger partial charge in [-0.15, -0.1) is 0 Å². The van der Waals surface area contributed by atoms with E-state index >= 15 is 0 Å². The van der Waals surface area contributed by atoms with E-state index in [1.54, 1.807) is 54.5 Å². The molecule has 0 aliphatic rings. The van der Waals surface area contributed by atoms with Gasteiger partial charge < -0.3 is 18.9 Å². The lowest BCUT2D eigenvalue weighted by molar-refractivity contribution is -0.105. The van der Waals surface area contributed by atoms with Crippen LogP contribution in [0.3, 0.4) is 0 Å². The van der Waals surface area contributed by atoms with Gasteiger partial charge in [-0.2, -0.15) is 0 Å². The van der Waals surface area contributed by atoms with Gasteiger partial charge in [0.25, 0.3) is 6.29 Å². The van der Waals surface area contributed by atoms with Crippen LogP contribution in [0.15, 0.2) is 12.2 Å². The Bertz CT molecular complexity index is 329. The monoisotopic (exact) mass is 288 g/mol. The van der Waals surface area contributed by atoms with Crippen molar-refractivity contribution in [3.8, 4) is 0 Å². The fraction of sp³-hybridized carbons (Fsp3) is 0.714. The maximum absolute atomic E-state index is 11.5. The first-order valence-corrected chi connectivity index (χ1v) is 6.35. The molecule has 116 valence electrons. The third-order valence-electron chi connectivity index (χ3n) is 1.55. The Morgan fingerprint density at radius 1 is 0.850 bits per heavy atom. The SMILES string of the molecule is C/C=C/C(OC(=O)OC(C)(C)C)OC(=O)OC(C)(C)C. The molecule has 0 unspecified atom stereocenters. The van der Waals surface area contributed by atoms with Gasteiger partial charge in [-0.05, 0) is 54.5 Å². The van der Waals surface area contributed by atoms with Crippen LogP contribution in [0.25, 0.3) is 0 Å².